The van der Waals surface area contributed by atoms with Crippen molar-refractivity contribution in [1.29, 1.82) is 0 Å². The number of aliphatic hydroxyl groups is 1. The van der Waals surface area contributed by atoms with Crippen molar-refractivity contribution in [2.45, 2.75) is 13.0 Å². The Bertz CT molecular complexity index is 813. The molecule has 1 N–H and O–H groups in total. The summed E-state index contributed by atoms with van der Waals surface area (Å²) in [6.45, 7) is 7.07. The van der Waals surface area contributed by atoms with Crippen LogP contribution in [0.15, 0.2) is 54.8 Å². The fourth-order valence-corrected chi connectivity index (χ4v) is 3.60. The van der Waals surface area contributed by atoms with E-state index in [0.717, 1.165) is 31.7 Å². The van der Waals surface area contributed by atoms with Gasteiger partial charge in [-0.05, 0) is 48.4 Å². The Kier molecular flexibility index (Phi) is 5.32. The van der Waals surface area contributed by atoms with E-state index in [2.05, 4.69) is 41.0 Å². The lowest BCUT2D eigenvalue weighted by atomic mass is 10.1. The van der Waals surface area contributed by atoms with Gasteiger partial charge in [0, 0.05) is 38.4 Å². The number of nitrogens with zero attached hydrogens (tertiary/aromatic N) is 2. The summed E-state index contributed by atoms with van der Waals surface area (Å²) in [5.74, 6) is 1.37. The molecule has 2 heterocycles. The largest absolute Gasteiger partial charge is 0.485 e. The summed E-state index contributed by atoms with van der Waals surface area (Å²) >= 11 is 0. The van der Waals surface area contributed by atoms with Crippen LogP contribution in [0.25, 0.3) is 0 Å². The van der Waals surface area contributed by atoms with Gasteiger partial charge in [-0.2, -0.15) is 0 Å². The molecule has 27 heavy (non-hydrogen) atoms. The maximum atomic E-state index is 10.7. The smallest absolute Gasteiger partial charge is 0.168 e. The summed E-state index contributed by atoms with van der Waals surface area (Å²) in [5, 5.41) is 10.7. The van der Waals surface area contributed by atoms with Gasteiger partial charge < -0.3 is 19.5 Å². The maximum absolute atomic E-state index is 10.7. The number of piperazine rings is 1. The SMILES string of the molecule is Cc1cccc(N2CCN(CC(O)c3ccc4c(c3)OCC=CO4)CC2)c1. The highest BCUT2D eigenvalue weighted by Gasteiger charge is 2.21. The molecule has 0 aliphatic carbocycles. The van der Waals surface area contributed by atoms with E-state index in [0.29, 0.717) is 24.7 Å². The Hall–Kier alpha value is -2.50. The highest BCUT2D eigenvalue weighted by Crippen LogP contribution is 2.32. The summed E-state index contributed by atoms with van der Waals surface area (Å²) in [6.07, 6.45) is 2.92. The van der Waals surface area contributed by atoms with Gasteiger partial charge >= 0.3 is 0 Å². The second-order valence-corrected chi connectivity index (χ2v) is 7.15. The van der Waals surface area contributed by atoms with Crippen LogP contribution in [0, 0.1) is 6.92 Å². The average molecular weight is 366 g/mol. The molecule has 2 aromatic rings. The topological polar surface area (TPSA) is 45.2 Å². The van der Waals surface area contributed by atoms with E-state index in [9.17, 15) is 5.11 Å². The molecule has 4 rings (SSSR count). The van der Waals surface area contributed by atoms with E-state index < -0.39 is 6.10 Å². The number of aryl methyl sites for hydroxylation is 1. The molecule has 0 amide bonds. The number of ether oxygens (including phenoxy) is 2. The molecule has 1 saturated heterocycles. The standard InChI is InChI=1S/C22H26N2O3/c1-17-4-2-5-19(14-17)24-10-8-23(9-11-24)16-20(25)18-6-7-21-22(15-18)27-13-3-12-26-21/h2-7,12,14-15,20,25H,8-11,13,16H2,1H3. The van der Waals surface area contributed by atoms with Crippen LogP contribution in [0.3, 0.4) is 0 Å². The van der Waals surface area contributed by atoms with Gasteiger partial charge in [-0.25, -0.2) is 0 Å². The van der Waals surface area contributed by atoms with Crippen molar-refractivity contribution in [2.75, 3.05) is 44.2 Å². The molecule has 0 aromatic heterocycles. The zero-order chi connectivity index (χ0) is 18.6. The predicted molar refractivity (Wildman–Crippen MR) is 106 cm³/mol. The molecule has 2 aliphatic rings. The number of benzene rings is 2. The van der Waals surface area contributed by atoms with Crippen molar-refractivity contribution < 1.29 is 14.6 Å². The molecule has 142 valence electrons. The molecule has 0 saturated carbocycles. The van der Waals surface area contributed by atoms with Gasteiger partial charge in [-0.1, -0.05) is 18.2 Å². The first kappa shape index (κ1) is 17.9. The number of anilines is 1. The van der Waals surface area contributed by atoms with E-state index in [1.54, 1.807) is 6.26 Å². The van der Waals surface area contributed by atoms with Crippen LogP contribution in [0.1, 0.15) is 17.2 Å². The number of hydrogen-bond acceptors (Lipinski definition) is 5. The van der Waals surface area contributed by atoms with Gasteiger partial charge in [0.2, 0.25) is 0 Å². The van der Waals surface area contributed by atoms with Crippen molar-refractivity contribution >= 4 is 5.69 Å². The van der Waals surface area contributed by atoms with Crippen molar-refractivity contribution in [3.63, 3.8) is 0 Å². The Morgan fingerprint density at radius 2 is 1.89 bits per heavy atom. The Labute approximate surface area is 160 Å². The van der Waals surface area contributed by atoms with Crippen LogP contribution < -0.4 is 14.4 Å². The van der Waals surface area contributed by atoms with Gasteiger partial charge in [0.25, 0.3) is 0 Å². The molecule has 2 aromatic carbocycles. The summed E-state index contributed by atoms with van der Waals surface area (Å²) < 4.78 is 11.2. The highest BCUT2D eigenvalue weighted by atomic mass is 16.5. The van der Waals surface area contributed by atoms with Crippen molar-refractivity contribution in [1.82, 2.24) is 4.90 Å². The Balaban J connectivity index is 1.34. The maximum Gasteiger partial charge on any atom is 0.168 e. The summed E-state index contributed by atoms with van der Waals surface area (Å²) in [7, 11) is 0. The normalized spacial score (nSPS) is 18.2. The lowest BCUT2D eigenvalue weighted by molar-refractivity contribution is 0.109. The first-order chi connectivity index (χ1) is 13.2. The third-order valence-electron chi connectivity index (χ3n) is 5.15. The van der Waals surface area contributed by atoms with E-state index in [1.165, 1.54) is 11.3 Å². The molecule has 0 spiro atoms. The first-order valence-electron chi connectivity index (χ1n) is 9.49. The number of rotatable bonds is 4. The van der Waals surface area contributed by atoms with Crippen molar-refractivity contribution in [3.05, 3.63) is 65.9 Å². The Morgan fingerprint density at radius 3 is 2.70 bits per heavy atom. The molecule has 0 bridgehead atoms. The third kappa shape index (κ3) is 4.26. The highest BCUT2D eigenvalue weighted by molar-refractivity contribution is 5.49. The molecule has 1 unspecified atom stereocenters. The van der Waals surface area contributed by atoms with E-state index in [1.807, 2.05) is 24.3 Å². The molecule has 5 nitrogen and oxygen atoms in total. The molecular weight excluding hydrogens is 340 g/mol. The van der Waals surface area contributed by atoms with Crippen molar-refractivity contribution in [3.8, 4) is 11.5 Å². The van der Waals surface area contributed by atoms with Gasteiger partial charge in [0.1, 0.15) is 6.61 Å². The lowest BCUT2D eigenvalue weighted by Crippen LogP contribution is -2.47. The molecule has 1 atom stereocenters. The molecular formula is C22H26N2O3. The summed E-state index contributed by atoms with van der Waals surface area (Å²) in [5.41, 5.74) is 3.43. The number of β-amino-alcohol motifs (C(OH)–C–C–N with tert-alkyl or cyclic N) is 1. The summed E-state index contributed by atoms with van der Waals surface area (Å²) in [6, 6.07) is 14.3. The van der Waals surface area contributed by atoms with Crippen LogP contribution in [0.5, 0.6) is 11.5 Å². The minimum absolute atomic E-state index is 0.480. The minimum atomic E-state index is -0.541. The zero-order valence-electron chi connectivity index (χ0n) is 15.7. The fraction of sp³-hybridized carbons (Fsp3) is 0.364. The monoisotopic (exact) mass is 366 g/mol. The van der Waals surface area contributed by atoms with Crippen LogP contribution in [-0.4, -0.2) is 49.3 Å². The van der Waals surface area contributed by atoms with Crippen molar-refractivity contribution in [2.24, 2.45) is 0 Å². The number of fused-ring (bicyclic) bond motifs is 1. The lowest BCUT2D eigenvalue weighted by Gasteiger charge is -2.37. The molecule has 5 heteroatoms. The van der Waals surface area contributed by atoms with E-state index in [4.69, 9.17) is 9.47 Å². The quantitative estimate of drug-likeness (QED) is 0.901. The van der Waals surface area contributed by atoms with Crippen LogP contribution >= 0.6 is 0 Å². The zero-order valence-corrected chi connectivity index (χ0v) is 15.7. The molecule has 1 fully saturated rings. The van der Waals surface area contributed by atoms with Gasteiger partial charge in [-0.15, -0.1) is 0 Å². The number of aliphatic hydroxyl groups excluding tert-OH is 1. The van der Waals surface area contributed by atoms with Crippen LogP contribution in [-0.2, 0) is 0 Å². The summed E-state index contributed by atoms with van der Waals surface area (Å²) in [4.78, 5) is 4.73. The number of hydrogen-bond donors (Lipinski definition) is 1. The van der Waals surface area contributed by atoms with Gasteiger partial charge in [0.15, 0.2) is 11.5 Å². The third-order valence-corrected chi connectivity index (χ3v) is 5.15. The molecule has 2 aliphatic heterocycles. The Morgan fingerprint density at radius 1 is 1.04 bits per heavy atom. The van der Waals surface area contributed by atoms with Gasteiger partial charge in [-0.3, -0.25) is 4.90 Å². The van der Waals surface area contributed by atoms with Gasteiger partial charge in [0.05, 0.1) is 12.4 Å². The first-order valence-corrected chi connectivity index (χ1v) is 9.49. The van der Waals surface area contributed by atoms with Crippen LogP contribution in [0.4, 0.5) is 5.69 Å². The second kappa shape index (κ2) is 8.03. The average Bonchev–Trinajstić information content (AvgIpc) is 2.93. The second-order valence-electron chi connectivity index (χ2n) is 7.15. The van der Waals surface area contributed by atoms with E-state index in [-0.39, 0.29) is 0 Å². The van der Waals surface area contributed by atoms with Crippen LogP contribution in [0.2, 0.25) is 0 Å². The predicted octanol–water partition coefficient (Wildman–Crippen LogP) is 3.14. The molecule has 0 radical (unpaired) electrons. The minimum Gasteiger partial charge on any atom is -0.485 e. The van der Waals surface area contributed by atoms with E-state index >= 15 is 0 Å². The fourth-order valence-electron chi connectivity index (χ4n) is 3.60.